The van der Waals surface area contributed by atoms with Crippen LogP contribution in [0.1, 0.15) is 11.1 Å². The van der Waals surface area contributed by atoms with Crippen molar-refractivity contribution >= 4 is 65.1 Å². The molecule has 158 valence electrons. The number of esters is 1. The molecule has 0 aliphatic heterocycles. The van der Waals surface area contributed by atoms with E-state index in [2.05, 4.69) is 41.3 Å². The summed E-state index contributed by atoms with van der Waals surface area (Å²) in [7, 11) is -2.22. The molecule has 0 aromatic heterocycles. The van der Waals surface area contributed by atoms with Gasteiger partial charge in [0.15, 0.2) is 6.10 Å². The van der Waals surface area contributed by atoms with Gasteiger partial charge in [-0.15, -0.1) is 0 Å². The average molecular weight is 572 g/mol. The molecule has 1 atom stereocenters. The highest BCUT2D eigenvalue weighted by atomic mass is 79.9. The number of hydrogen-bond acceptors (Lipinski definition) is 6. The first kappa shape index (κ1) is 23.9. The first-order valence-corrected chi connectivity index (χ1v) is 12.0. The largest absolute Gasteiger partial charge is 0.487 e. The van der Waals surface area contributed by atoms with E-state index >= 15 is 0 Å². The van der Waals surface area contributed by atoms with E-state index in [0.29, 0.717) is 36.5 Å². The molecule has 0 spiro atoms. The Bertz CT molecular complexity index is 992. The Morgan fingerprint density at radius 3 is 2.34 bits per heavy atom. The molecule has 2 N–H and O–H groups in total. The zero-order valence-electron chi connectivity index (χ0n) is 15.4. The van der Waals surface area contributed by atoms with Crippen molar-refractivity contribution in [2.45, 2.75) is 19.1 Å². The number of benzene rings is 2. The van der Waals surface area contributed by atoms with Crippen molar-refractivity contribution in [2.24, 2.45) is 0 Å². The molecule has 0 aliphatic carbocycles. The third-order valence-electron chi connectivity index (χ3n) is 3.60. The Balaban J connectivity index is 2.16. The van der Waals surface area contributed by atoms with Crippen LogP contribution in [0.5, 0.6) is 5.75 Å². The van der Waals surface area contributed by atoms with Gasteiger partial charge < -0.3 is 14.6 Å². The Morgan fingerprint density at radius 2 is 1.79 bits per heavy atom. The second kappa shape index (κ2) is 10.1. The van der Waals surface area contributed by atoms with Crippen LogP contribution in [-0.2, 0) is 32.6 Å². The molecule has 0 aliphatic rings. The molecule has 0 bridgehead atoms. The SMILES string of the molecule is COC(=O)C(O)Cc1cc(Br)c(OCc2cc(Cl)cc(NS(C)(=O)=O)c2)c(Br)c1. The van der Waals surface area contributed by atoms with Crippen LogP contribution in [0.4, 0.5) is 5.69 Å². The molecule has 7 nitrogen and oxygen atoms in total. The molecule has 29 heavy (non-hydrogen) atoms. The van der Waals surface area contributed by atoms with Crippen molar-refractivity contribution in [1.82, 2.24) is 0 Å². The van der Waals surface area contributed by atoms with Crippen molar-refractivity contribution in [3.05, 3.63) is 55.4 Å². The highest BCUT2D eigenvalue weighted by Gasteiger charge is 2.18. The summed E-state index contributed by atoms with van der Waals surface area (Å²) >= 11 is 12.9. The summed E-state index contributed by atoms with van der Waals surface area (Å²) in [5.41, 5.74) is 1.69. The lowest BCUT2D eigenvalue weighted by Gasteiger charge is -2.14. The minimum absolute atomic E-state index is 0.0823. The molecule has 0 radical (unpaired) electrons. The van der Waals surface area contributed by atoms with Crippen molar-refractivity contribution in [2.75, 3.05) is 18.1 Å². The van der Waals surface area contributed by atoms with E-state index < -0.39 is 22.1 Å². The fraction of sp³-hybridized carbons (Fsp3) is 0.278. The maximum atomic E-state index is 11.4. The molecule has 1 unspecified atom stereocenters. The van der Waals surface area contributed by atoms with E-state index in [1.807, 2.05) is 0 Å². The lowest BCUT2D eigenvalue weighted by atomic mass is 10.1. The van der Waals surface area contributed by atoms with Crippen molar-refractivity contribution in [1.29, 1.82) is 0 Å². The first-order chi connectivity index (χ1) is 13.5. The maximum absolute atomic E-state index is 11.4. The minimum atomic E-state index is -3.43. The fourth-order valence-electron chi connectivity index (χ4n) is 2.47. The van der Waals surface area contributed by atoms with Gasteiger partial charge in [-0.2, -0.15) is 0 Å². The van der Waals surface area contributed by atoms with E-state index in [4.69, 9.17) is 16.3 Å². The third kappa shape index (κ3) is 7.45. The predicted molar refractivity (Wildman–Crippen MR) is 118 cm³/mol. The lowest BCUT2D eigenvalue weighted by Crippen LogP contribution is -2.24. The Hall–Kier alpha value is -1.33. The fourth-order valence-corrected chi connectivity index (χ4v) is 4.79. The van der Waals surface area contributed by atoms with Crippen LogP contribution in [0, 0.1) is 0 Å². The number of sulfonamides is 1. The van der Waals surface area contributed by atoms with Crippen LogP contribution in [0.15, 0.2) is 39.3 Å². The summed E-state index contributed by atoms with van der Waals surface area (Å²) in [6, 6.07) is 8.23. The van der Waals surface area contributed by atoms with Gasteiger partial charge in [0.1, 0.15) is 12.4 Å². The summed E-state index contributed by atoms with van der Waals surface area (Å²) < 4.78 is 36.8. The summed E-state index contributed by atoms with van der Waals surface area (Å²) in [6.07, 6.45) is -0.131. The van der Waals surface area contributed by atoms with Crippen LogP contribution in [0.25, 0.3) is 0 Å². The van der Waals surface area contributed by atoms with Crippen LogP contribution in [0.2, 0.25) is 5.02 Å². The van der Waals surface area contributed by atoms with E-state index in [1.165, 1.54) is 13.2 Å². The molecular formula is C18H18Br2ClNO6S. The number of nitrogens with one attached hydrogen (secondary N) is 1. The molecule has 2 aromatic carbocycles. The molecule has 0 heterocycles. The van der Waals surface area contributed by atoms with Crippen LogP contribution < -0.4 is 9.46 Å². The standard InChI is InChI=1S/C18H18Br2ClNO6S/c1-27-18(24)16(23)7-10-5-14(19)17(15(20)6-10)28-9-11-3-12(21)8-13(4-11)22-29(2,25)26/h3-6,8,16,22-23H,7,9H2,1-2H3. The number of rotatable bonds is 8. The second-order valence-corrected chi connectivity index (χ2v) is 10.0. The number of hydrogen-bond donors (Lipinski definition) is 2. The minimum Gasteiger partial charge on any atom is -0.487 e. The smallest absolute Gasteiger partial charge is 0.335 e. The van der Waals surface area contributed by atoms with Gasteiger partial charge in [-0.1, -0.05) is 11.6 Å². The Labute approximate surface area is 190 Å². The molecule has 2 rings (SSSR count). The van der Waals surface area contributed by atoms with E-state index in [-0.39, 0.29) is 13.0 Å². The predicted octanol–water partition coefficient (Wildman–Crippen LogP) is 3.89. The van der Waals surface area contributed by atoms with Crippen molar-refractivity contribution in [3.63, 3.8) is 0 Å². The number of carbonyl (C=O) groups is 1. The molecule has 2 aromatic rings. The van der Waals surface area contributed by atoms with Gasteiger partial charge >= 0.3 is 5.97 Å². The van der Waals surface area contributed by atoms with Crippen molar-refractivity contribution < 1.29 is 27.8 Å². The summed E-state index contributed by atoms with van der Waals surface area (Å²) in [5.74, 6) is -0.212. The van der Waals surface area contributed by atoms with Gasteiger partial charge in [-0.05, 0) is 73.3 Å². The number of anilines is 1. The van der Waals surface area contributed by atoms with Crippen LogP contribution in [-0.4, -0.2) is 39.0 Å². The number of methoxy groups -OCH3 is 1. The molecule has 0 amide bonds. The highest BCUT2D eigenvalue weighted by Crippen LogP contribution is 2.36. The Kier molecular flexibility index (Phi) is 8.36. The number of aliphatic hydroxyl groups excluding tert-OH is 1. The van der Waals surface area contributed by atoms with Gasteiger partial charge in [-0.3, -0.25) is 4.72 Å². The average Bonchev–Trinajstić information content (AvgIpc) is 2.58. The van der Waals surface area contributed by atoms with E-state index in [0.717, 1.165) is 6.26 Å². The van der Waals surface area contributed by atoms with E-state index in [9.17, 15) is 18.3 Å². The highest BCUT2D eigenvalue weighted by molar-refractivity contribution is 9.11. The number of halogens is 3. The second-order valence-electron chi connectivity index (χ2n) is 6.14. The number of carbonyl (C=O) groups excluding carboxylic acids is 1. The molecular weight excluding hydrogens is 554 g/mol. The third-order valence-corrected chi connectivity index (χ3v) is 5.61. The zero-order chi connectivity index (χ0) is 21.8. The lowest BCUT2D eigenvalue weighted by molar-refractivity contribution is -0.150. The zero-order valence-corrected chi connectivity index (χ0v) is 20.2. The van der Waals surface area contributed by atoms with Gasteiger partial charge in [0.25, 0.3) is 0 Å². The first-order valence-electron chi connectivity index (χ1n) is 8.12. The summed E-state index contributed by atoms with van der Waals surface area (Å²) in [5, 5.41) is 10.2. The monoisotopic (exact) mass is 569 g/mol. The van der Waals surface area contributed by atoms with Gasteiger partial charge in [0.05, 0.1) is 28.0 Å². The molecule has 0 saturated heterocycles. The summed E-state index contributed by atoms with van der Waals surface area (Å²) in [4.78, 5) is 11.4. The van der Waals surface area contributed by atoms with Crippen LogP contribution in [0.3, 0.4) is 0 Å². The quantitative estimate of drug-likeness (QED) is 0.467. The van der Waals surface area contributed by atoms with Crippen LogP contribution >= 0.6 is 43.5 Å². The molecule has 0 fully saturated rings. The maximum Gasteiger partial charge on any atom is 0.335 e. The number of ether oxygens (including phenoxy) is 2. The van der Waals surface area contributed by atoms with E-state index in [1.54, 1.807) is 24.3 Å². The van der Waals surface area contributed by atoms with Crippen molar-refractivity contribution in [3.8, 4) is 5.75 Å². The summed E-state index contributed by atoms with van der Waals surface area (Å²) in [6.45, 7) is 0.125. The Morgan fingerprint density at radius 1 is 1.17 bits per heavy atom. The normalized spacial score (nSPS) is 12.3. The molecule has 0 saturated carbocycles. The topological polar surface area (TPSA) is 102 Å². The molecule has 11 heteroatoms. The van der Waals surface area contributed by atoms with Gasteiger partial charge in [0.2, 0.25) is 10.0 Å². The van der Waals surface area contributed by atoms with Gasteiger partial charge in [-0.25, -0.2) is 13.2 Å². The van der Waals surface area contributed by atoms with Gasteiger partial charge in [0, 0.05) is 11.4 Å². The number of aliphatic hydroxyl groups is 1.